The van der Waals surface area contributed by atoms with Crippen molar-refractivity contribution in [1.82, 2.24) is 19.7 Å². The molecule has 27 heavy (non-hydrogen) atoms. The van der Waals surface area contributed by atoms with Gasteiger partial charge in [0.2, 0.25) is 5.91 Å². The Morgan fingerprint density at radius 2 is 2.22 bits per heavy atom. The molecule has 144 valence electrons. The Kier molecular flexibility index (Phi) is 6.72. The van der Waals surface area contributed by atoms with Gasteiger partial charge in [0.25, 0.3) is 0 Å². The van der Waals surface area contributed by atoms with Crippen molar-refractivity contribution in [2.45, 2.75) is 57.3 Å². The van der Waals surface area contributed by atoms with Gasteiger partial charge in [-0.1, -0.05) is 48.5 Å². The fourth-order valence-electron chi connectivity index (χ4n) is 3.65. The molecule has 1 aliphatic rings. The molecule has 2 heterocycles. The number of aryl methyl sites for hydroxylation is 1. The highest BCUT2D eigenvalue weighted by atomic mass is 32.2. The van der Waals surface area contributed by atoms with Crippen molar-refractivity contribution in [1.29, 1.82) is 0 Å². The van der Waals surface area contributed by atoms with Crippen molar-refractivity contribution < 1.29 is 4.79 Å². The highest BCUT2D eigenvalue weighted by Gasteiger charge is 2.25. The van der Waals surface area contributed by atoms with Crippen molar-refractivity contribution in [3.05, 3.63) is 42.5 Å². The number of carbonyl (C=O) groups is 1. The molecule has 0 spiro atoms. The molecule has 3 rings (SSSR count). The van der Waals surface area contributed by atoms with Crippen LogP contribution in [0.3, 0.4) is 0 Å². The second kappa shape index (κ2) is 9.22. The van der Waals surface area contributed by atoms with E-state index in [2.05, 4.69) is 47.7 Å². The molecule has 0 N–H and O–H groups in total. The standard InChI is InChI=1S/C21H28N4OS/c1-4-12-25-20(17-10-8-9-16(3)14-17)22-23-21(25)27-15-19(26)24-13-7-6-11-18(24)5-2/h4,8-10,14,18H,1,5-7,11-13,15H2,2-3H3. The van der Waals surface area contributed by atoms with Gasteiger partial charge >= 0.3 is 0 Å². The first kappa shape index (κ1) is 19.7. The summed E-state index contributed by atoms with van der Waals surface area (Å²) in [6.07, 6.45) is 6.32. The molecule has 0 bridgehead atoms. The molecule has 1 atom stereocenters. The van der Waals surface area contributed by atoms with E-state index in [1.165, 1.54) is 23.7 Å². The number of rotatable bonds is 7. The van der Waals surface area contributed by atoms with E-state index in [0.717, 1.165) is 42.4 Å². The zero-order valence-electron chi connectivity index (χ0n) is 16.2. The first-order chi connectivity index (χ1) is 13.1. The predicted octanol–water partition coefficient (Wildman–Crippen LogP) is 4.32. The lowest BCUT2D eigenvalue weighted by Crippen LogP contribution is -2.44. The Labute approximate surface area is 165 Å². The van der Waals surface area contributed by atoms with Gasteiger partial charge < -0.3 is 4.90 Å². The van der Waals surface area contributed by atoms with Crippen molar-refractivity contribution in [2.75, 3.05) is 12.3 Å². The van der Waals surface area contributed by atoms with Gasteiger partial charge in [-0.15, -0.1) is 16.8 Å². The van der Waals surface area contributed by atoms with Gasteiger partial charge in [-0.2, -0.15) is 0 Å². The summed E-state index contributed by atoms with van der Waals surface area (Å²) in [7, 11) is 0. The Bertz CT molecular complexity index is 801. The SMILES string of the molecule is C=CCn1c(SCC(=O)N2CCCCC2CC)nnc1-c1cccc(C)c1. The van der Waals surface area contributed by atoms with Crippen LogP contribution in [0.4, 0.5) is 0 Å². The van der Waals surface area contributed by atoms with Gasteiger partial charge in [-0.25, -0.2) is 0 Å². The number of hydrogen-bond acceptors (Lipinski definition) is 4. The highest BCUT2D eigenvalue weighted by molar-refractivity contribution is 7.99. The number of hydrogen-bond donors (Lipinski definition) is 0. The molecule has 1 fully saturated rings. The van der Waals surface area contributed by atoms with Crippen molar-refractivity contribution in [3.8, 4) is 11.4 Å². The predicted molar refractivity (Wildman–Crippen MR) is 111 cm³/mol. The summed E-state index contributed by atoms with van der Waals surface area (Å²) < 4.78 is 2.03. The number of carbonyl (C=O) groups excluding carboxylic acids is 1. The van der Waals surface area contributed by atoms with Crippen LogP contribution in [0.25, 0.3) is 11.4 Å². The smallest absolute Gasteiger partial charge is 0.233 e. The summed E-state index contributed by atoms with van der Waals surface area (Å²) in [6.45, 7) is 9.59. The summed E-state index contributed by atoms with van der Waals surface area (Å²) in [5.41, 5.74) is 2.21. The van der Waals surface area contributed by atoms with Crippen molar-refractivity contribution in [3.63, 3.8) is 0 Å². The van der Waals surface area contributed by atoms with Crippen molar-refractivity contribution >= 4 is 17.7 Å². The van der Waals surface area contributed by atoms with Gasteiger partial charge in [0, 0.05) is 24.7 Å². The maximum atomic E-state index is 12.8. The third-order valence-electron chi connectivity index (χ3n) is 5.05. The molecule has 1 aliphatic heterocycles. The van der Waals surface area contributed by atoms with Crippen LogP contribution in [0.5, 0.6) is 0 Å². The minimum atomic E-state index is 0.205. The molecule has 0 aliphatic carbocycles. The van der Waals surface area contributed by atoms with E-state index in [0.29, 0.717) is 18.3 Å². The maximum Gasteiger partial charge on any atom is 0.233 e. The van der Waals surface area contributed by atoms with Crippen LogP contribution in [0.15, 0.2) is 42.1 Å². The van der Waals surface area contributed by atoms with Crippen molar-refractivity contribution in [2.24, 2.45) is 0 Å². The van der Waals surface area contributed by atoms with Gasteiger partial charge in [0.1, 0.15) is 0 Å². The van der Waals surface area contributed by atoms with E-state index >= 15 is 0 Å². The lowest BCUT2D eigenvalue weighted by Gasteiger charge is -2.35. The number of amides is 1. The lowest BCUT2D eigenvalue weighted by molar-refractivity contribution is -0.132. The highest BCUT2D eigenvalue weighted by Crippen LogP contribution is 2.26. The lowest BCUT2D eigenvalue weighted by atomic mass is 10.0. The topological polar surface area (TPSA) is 51.0 Å². The van der Waals surface area contributed by atoms with Crippen LogP contribution in [0.1, 0.15) is 38.2 Å². The third-order valence-corrected chi connectivity index (χ3v) is 6.00. The van der Waals surface area contributed by atoms with Gasteiger partial charge in [-0.05, 0) is 38.7 Å². The molecular formula is C21H28N4OS. The molecule has 1 aromatic carbocycles. The van der Waals surface area contributed by atoms with E-state index in [-0.39, 0.29) is 5.91 Å². The van der Waals surface area contributed by atoms with Crippen LogP contribution in [-0.2, 0) is 11.3 Å². The summed E-state index contributed by atoms with van der Waals surface area (Å²) in [5.74, 6) is 1.43. The summed E-state index contributed by atoms with van der Waals surface area (Å²) in [5, 5.41) is 9.51. The summed E-state index contributed by atoms with van der Waals surface area (Å²) in [4.78, 5) is 14.8. The van der Waals surface area contributed by atoms with E-state index in [1.54, 1.807) is 0 Å². The summed E-state index contributed by atoms with van der Waals surface area (Å²) >= 11 is 1.47. The molecule has 1 amide bonds. The first-order valence-electron chi connectivity index (χ1n) is 9.67. The quantitative estimate of drug-likeness (QED) is 0.527. The molecule has 0 saturated carbocycles. The van der Waals surface area contributed by atoms with Crippen LogP contribution < -0.4 is 0 Å². The number of likely N-dealkylation sites (tertiary alicyclic amines) is 1. The molecule has 6 heteroatoms. The second-order valence-corrected chi connectivity index (χ2v) is 7.95. The Balaban J connectivity index is 1.75. The third kappa shape index (κ3) is 4.61. The number of nitrogens with zero attached hydrogens (tertiary/aromatic N) is 4. The molecule has 1 saturated heterocycles. The van der Waals surface area contributed by atoms with E-state index < -0.39 is 0 Å². The van der Waals surface area contributed by atoms with Gasteiger partial charge in [0.05, 0.1) is 5.75 Å². The average Bonchev–Trinajstić information content (AvgIpc) is 3.09. The van der Waals surface area contributed by atoms with Crippen LogP contribution in [0, 0.1) is 6.92 Å². The first-order valence-corrected chi connectivity index (χ1v) is 10.7. The van der Waals surface area contributed by atoms with Crippen LogP contribution in [0.2, 0.25) is 0 Å². The zero-order chi connectivity index (χ0) is 19.2. The van der Waals surface area contributed by atoms with Gasteiger partial charge in [0.15, 0.2) is 11.0 Å². The largest absolute Gasteiger partial charge is 0.339 e. The molecule has 2 aromatic rings. The van der Waals surface area contributed by atoms with Crippen LogP contribution in [-0.4, -0.2) is 43.9 Å². The fraction of sp³-hybridized carbons (Fsp3) is 0.476. The van der Waals surface area contributed by atoms with Crippen LogP contribution >= 0.6 is 11.8 Å². The maximum absolute atomic E-state index is 12.8. The number of allylic oxidation sites excluding steroid dienone is 1. The second-order valence-electron chi connectivity index (χ2n) is 7.01. The number of thioether (sulfide) groups is 1. The Hall–Kier alpha value is -2.08. The van der Waals surface area contributed by atoms with E-state index in [4.69, 9.17) is 0 Å². The van der Waals surface area contributed by atoms with E-state index in [1.807, 2.05) is 22.8 Å². The average molecular weight is 385 g/mol. The monoisotopic (exact) mass is 384 g/mol. The van der Waals surface area contributed by atoms with E-state index in [9.17, 15) is 4.79 Å². The molecule has 1 aromatic heterocycles. The minimum Gasteiger partial charge on any atom is -0.339 e. The molecule has 0 radical (unpaired) electrons. The number of benzene rings is 1. The summed E-state index contributed by atoms with van der Waals surface area (Å²) in [6, 6.07) is 8.61. The zero-order valence-corrected chi connectivity index (χ0v) is 17.0. The Morgan fingerprint density at radius 3 is 2.96 bits per heavy atom. The number of aromatic nitrogens is 3. The molecule has 5 nitrogen and oxygen atoms in total. The molecule has 1 unspecified atom stereocenters. The normalized spacial score (nSPS) is 17.1. The minimum absolute atomic E-state index is 0.205. The Morgan fingerprint density at radius 1 is 1.37 bits per heavy atom. The number of piperidine rings is 1. The fourth-order valence-corrected chi connectivity index (χ4v) is 4.48. The van der Waals surface area contributed by atoms with Gasteiger partial charge in [-0.3, -0.25) is 9.36 Å². The molecular weight excluding hydrogens is 356 g/mol.